The van der Waals surface area contributed by atoms with Gasteiger partial charge in [0.05, 0.1) is 13.2 Å². The first-order valence-corrected chi connectivity index (χ1v) is 8.02. The molecule has 0 aromatic heterocycles. The van der Waals surface area contributed by atoms with Crippen molar-refractivity contribution in [3.05, 3.63) is 71.0 Å². The molecule has 1 saturated heterocycles. The van der Waals surface area contributed by atoms with Crippen LogP contribution in [0.4, 0.5) is 4.39 Å². The van der Waals surface area contributed by atoms with Gasteiger partial charge in [0, 0.05) is 6.54 Å². The number of carbonyl (C=O) groups excluding carboxylic acids is 1. The molecule has 126 valence electrons. The number of aryl methyl sites for hydroxylation is 1. The first-order chi connectivity index (χ1) is 11.5. The lowest BCUT2D eigenvalue weighted by Crippen LogP contribution is -2.46. The molecular formula is C19H21FN2O2. The maximum atomic E-state index is 13.1. The number of halogens is 1. The van der Waals surface area contributed by atoms with E-state index in [1.54, 1.807) is 17.0 Å². The molecule has 1 amide bonds. The van der Waals surface area contributed by atoms with Crippen LogP contribution in [0.15, 0.2) is 48.5 Å². The summed E-state index contributed by atoms with van der Waals surface area (Å²) in [5, 5.41) is 0. The summed E-state index contributed by atoms with van der Waals surface area (Å²) in [6.45, 7) is 3.36. The second-order valence-electron chi connectivity index (χ2n) is 6.08. The zero-order valence-electron chi connectivity index (χ0n) is 13.6. The maximum absolute atomic E-state index is 13.1. The lowest BCUT2D eigenvalue weighted by Gasteiger charge is -2.34. The predicted octanol–water partition coefficient (Wildman–Crippen LogP) is 2.73. The Hall–Kier alpha value is -2.24. The summed E-state index contributed by atoms with van der Waals surface area (Å²) >= 11 is 0. The summed E-state index contributed by atoms with van der Waals surface area (Å²) in [6.07, 6.45) is -0.256. The number of ether oxygens (including phenoxy) is 1. The fraction of sp³-hybridized carbons (Fsp3) is 0.316. The molecule has 0 radical (unpaired) electrons. The van der Waals surface area contributed by atoms with Gasteiger partial charge in [-0.2, -0.15) is 0 Å². The molecule has 24 heavy (non-hydrogen) atoms. The summed E-state index contributed by atoms with van der Waals surface area (Å²) < 4.78 is 18.8. The number of hydrogen-bond donors (Lipinski definition) is 1. The number of benzene rings is 2. The lowest BCUT2D eigenvalue weighted by atomic mass is 10.0. The van der Waals surface area contributed by atoms with E-state index in [1.807, 2.05) is 31.2 Å². The average molecular weight is 328 g/mol. The molecule has 2 unspecified atom stereocenters. The van der Waals surface area contributed by atoms with E-state index in [-0.39, 0.29) is 17.8 Å². The van der Waals surface area contributed by atoms with Crippen LogP contribution in [0.5, 0.6) is 0 Å². The normalized spacial score (nSPS) is 19.1. The second-order valence-corrected chi connectivity index (χ2v) is 6.08. The Morgan fingerprint density at radius 2 is 1.88 bits per heavy atom. The van der Waals surface area contributed by atoms with Crippen LogP contribution in [-0.2, 0) is 9.53 Å². The number of nitrogens with two attached hydrogens (primary N) is 1. The molecule has 1 heterocycles. The first kappa shape index (κ1) is 16.6. The minimum Gasteiger partial charge on any atom is -0.370 e. The van der Waals surface area contributed by atoms with Crippen LogP contribution in [0.1, 0.15) is 28.8 Å². The van der Waals surface area contributed by atoms with Gasteiger partial charge in [-0.1, -0.05) is 42.0 Å². The number of carbonyl (C=O) groups is 1. The van der Waals surface area contributed by atoms with Crippen molar-refractivity contribution in [1.29, 1.82) is 0 Å². The minimum atomic E-state index is -0.683. The van der Waals surface area contributed by atoms with Crippen LogP contribution in [0, 0.1) is 12.7 Å². The molecule has 0 aliphatic carbocycles. The first-order valence-electron chi connectivity index (χ1n) is 8.02. The highest BCUT2D eigenvalue weighted by Crippen LogP contribution is 2.24. The standard InChI is InChI=1S/C19H21FN2O2/c1-13-2-4-15(5-3-13)18(21)19(23)22-10-11-24-17(12-22)14-6-8-16(20)9-7-14/h2-9,17-18H,10-12,21H2,1H3. The monoisotopic (exact) mass is 328 g/mol. The van der Waals surface area contributed by atoms with Gasteiger partial charge >= 0.3 is 0 Å². The Labute approximate surface area is 141 Å². The maximum Gasteiger partial charge on any atom is 0.244 e. The van der Waals surface area contributed by atoms with Crippen molar-refractivity contribution in [1.82, 2.24) is 4.90 Å². The van der Waals surface area contributed by atoms with Gasteiger partial charge in [0.15, 0.2) is 0 Å². The molecule has 1 aliphatic rings. The molecule has 3 rings (SSSR count). The van der Waals surface area contributed by atoms with Gasteiger partial charge in [-0.25, -0.2) is 4.39 Å². The Morgan fingerprint density at radius 1 is 1.21 bits per heavy atom. The molecule has 2 aromatic rings. The van der Waals surface area contributed by atoms with Crippen molar-refractivity contribution in [3.63, 3.8) is 0 Å². The predicted molar refractivity (Wildman–Crippen MR) is 89.8 cm³/mol. The summed E-state index contributed by atoms with van der Waals surface area (Å²) in [6, 6.07) is 13.2. The van der Waals surface area contributed by atoms with Gasteiger partial charge in [-0.05, 0) is 30.2 Å². The van der Waals surface area contributed by atoms with E-state index >= 15 is 0 Å². The third-order valence-electron chi connectivity index (χ3n) is 4.32. The summed E-state index contributed by atoms with van der Waals surface area (Å²) in [4.78, 5) is 14.4. The molecule has 5 heteroatoms. The zero-order valence-corrected chi connectivity index (χ0v) is 13.6. The van der Waals surface area contributed by atoms with Crippen LogP contribution in [0.2, 0.25) is 0 Å². The minimum absolute atomic E-state index is 0.116. The Kier molecular flexibility index (Phi) is 4.92. The zero-order chi connectivity index (χ0) is 17.1. The number of morpholine rings is 1. The van der Waals surface area contributed by atoms with E-state index in [1.165, 1.54) is 12.1 Å². The molecule has 1 fully saturated rings. The van der Waals surface area contributed by atoms with E-state index in [4.69, 9.17) is 10.5 Å². The molecule has 2 aromatic carbocycles. The van der Waals surface area contributed by atoms with Crippen LogP contribution in [-0.4, -0.2) is 30.5 Å². The van der Waals surface area contributed by atoms with Gasteiger partial charge in [-0.15, -0.1) is 0 Å². The number of amides is 1. The molecule has 4 nitrogen and oxygen atoms in total. The Morgan fingerprint density at radius 3 is 2.54 bits per heavy atom. The molecule has 1 aliphatic heterocycles. The van der Waals surface area contributed by atoms with E-state index in [0.717, 1.165) is 16.7 Å². The SMILES string of the molecule is Cc1ccc(C(N)C(=O)N2CCOC(c3ccc(F)cc3)C2)cc1. The van der Waals surface area contributed by atoms with E-state index in [9.17, 15) is 9.18 Å². The van der Waals surface area contributed by atoms with Gasteiger partial charge < -0.3 is 15.4 Å². The third-order valence-corrected chi connectivity index (χ3v) is 4.32. The van der Waals surface area contributed by atoms with Crippen molar-refractivity contribution in [2.75, 3.05) is 19.7 Å². The highest BCUT2D eigenvalue weighted by atomic mass is 19.1. The van der Waals surface area contributed by atoms with Crippen molar-refractivity contribution in [3.8, 4) is 0 Å². The van der Waals surface area contributed by atoms with Gasteiger partial charge in [0.1, 0.15) is 18.0 Å². The largest absolute Gasteiger partial charge is 0.370 e. The van der Waals surface area contributed by atoms with E-state index < -0.39 is 6.04 Å². The third kappa shape index (κ3) is 3.63. The smallest absolute Gasteiger partial charge is 0.244 e. The highest BCUT2D eigenvalue weighted by molar-refractivity contribution is 5.83. The van der Waals surface area contributed by atoms with Crippen molar-refractivity contribution in [2.45, 2.75) is 19.1 Å². The second kappa shape index (κ2) is 7.11. The number of rotatable bonds is 3. The fourth-order valence-electron chi connectivity index (χ4n) is 2.84. The van der Waals surface area contributed by atoms with Crippen molar-refractivity contribution in [2.24, 2.45) is 5.73 Å². The average Bonchev–Trinajstić information content (AvgIpc) is 2.62. The van der Waals surface area contributed by atoms with Gasteiger partial charge in [0.2, 0.25) is 5.91 Å². The quantitative estimate of drug-likeness (QED) is 0.942. The van der Waals surface area contributed by atoms with Crippen molar-refractivity contribution >= 4 is 5.91 Å². The number of hydrogen-bond acceptors (Lipinski definition) is 3. The van der Waals surface area contributed by atoms with Gasteiger partial charge in [0.25, 0.3) is 0 Å². The Balaban J connectivity index is 1.70. The van der Waals surface area contributed by atoms with Crippen LogP contribution in [0.25, 0.3) is 0 Å². The molecule has 0 spiro atoms. The molecule has 0 saturated carbocycles. The highest BCUT2D eigenvalue weighted by Gasteiger charge is 2.29. The number of nitrogens with zero attached hydrogens (tertiary/aromatic N) is 1. The van der Waals surface area contributed by atoms with E-state index in [2.05, 4.69) is 0 Å². The Bertz CT molecular complexity index is 700. The molecule has 2 atom stereocenters. The fourth-order valence-corrected chi connectivity index (χ4v) is 2.84. The molecular weight excluding hydrogens is 307 g/mol. The summed E-state index contributed by atoms with van der Waals surface area (Å²) in [5.74, 6) is -0.404. The lowest BCUT2D eigenvalue weighted by molar-refractivity contribution is -0.140. The summed E-state index contributed by atoms with van der Waals surface area (Å²) in [7, 11) is 0. The van der Waals surface area contributed by atoms with Crippen LogP contribution in [0.3, 0.4) is 0 Å². The van der Waals surface area contributed by atoms with Crippen LogP contribution < -0.4 is 5.73 Å². The molecule has 0 bridgehead atoms. The van der Waals surface area contributed by atoms with Crippen LogP contribution >= 0.6 is 0 Å². The molecule has 2 N–H and O–H groups in total. The van der Waals surface area contributed by atoms with Crippen molar-refractivity contribution < 1.29 is 13.9 Å². The van der Waals surface area contributed by atoms with E-state index in [0.29, 0.717) is 19.7 Å². The van der Waals surface area contributed by atoms with Gasteiger partial charge in [-0.3, -0.25) is 4.79 Å². The topological polar surface area (TPSA) is 55.6 Å². The summed E-state index contributed by atoms with van der Waals surface area (Å²) in [5.41, 5.74) is 8.93.